The second-order valence-electron chi connectivity index (χ2n) is 6.78. The van der Waals surface area contributed by atoms with Crippen LogP contribution in [0.4, 0.5) is 5.69 Å². The van der Waals surface area contributed by atoms with Crippen LogP contribution in [-0.4, -0.2) is 48.2 Å². The van der Waals surface area contributed by atoms with E-state index in [0.717, 1.165) is 13.1 Å². The molecule has 1 aliphatic heterocycles. The van der Waals surface area contributed by atoms with Crippen molar-refractivity contribution in [3.8, 4) is 0 Å². The number of hydrogen-bond acceptors (Lipinski definition) is 4. The van der Waals surface area contributed by atoms with Crippen LogP contribution in [0.3, 0.4) is 0 Å². The number of amides is 1. The Morgan fingerprint density at radius 1 is 1.36 bits per heavy atom. The van der Waals surface area contributed by atoms with Gasteiger partial charge in [-0.25, -0.2) is 0 Å². The van der Waals surface area contributed by atoms with E-state index in [1.807, 2.05) is 0 Å². The number of nitrogens with two attached hydrogens (primary N) is 1. The number of morpholine rings is 1. The number of carbonyl (C=O) groups is 1. The smallest absolute Gasteiger partial charge is 0.251 e. The molecule has 1 aromatic carbocycles. The molecule has 2 atom stereocenters. The van der Waals surface area contributed by atoms with Gasteiger partial charge in [0.15, 0.2) is 0 Å². The Kier molecular flexibility index (Phi) is 5.08. The quantitative estimate of drug-likeness (QED) is 0.834. The predicted octanol–water partition coefficient (Wildman–Crippen LogP) is 1.89. The summed E-state index contributed by atoms with van der Waals surface area (Å²) in [5.41, 5.74) is 6.80. The summed E-state index contributed by atoms with van der Waals surface area (Å²) in [5.74, 6) is -0.0882. The van der Waals surface area contributed by atoms with Crippen molar-refractivity contribution in [3.05, 3.63) is 29.8 Å². The van der Waals surface area contributed by atoms with Gasteiger partial charge in [0.25, 0.3) is 5.91 Å². The molecular weight excluding hydrogens is 278 g/mol. The monoisotopic (exact) mass is 305 g/mol. The molecule has 2 rings (SSSR count). The molecule has 5 heteroatoms. The number of hydrogen-bond donors (Lipinski definition) is 2. The zero-order valence-corrected chi connectivity index (χ0v) is 13.9. The normalized spacial score (nSPS) is 23.3. The predicted molar refractivity (Wildman–Crippen MR) is 88.8 cm³/mol. The molecule has 5 nitrogen and oxygen atoms in total. The van der Waals surface area contributed by atoms with Crippen molar-refractivity contribution < 1.29 is 9.53 Å². The zero-order chi connectivity index (χ0) is 16.3. The van der Waals surface area contributed by atoms with Crippen LogP contribution in [0, 0.1) is 0 Å². The van der Waals surface area contributed by atoms with Gasteiger partial charge in [0.05, 0.1) is 12.2 Å². The highest BCUT2D eigenvalue weighted by Crippen LogP contribution is 2.20. The Bertz CT molecular complexity index is 520. The molecule has 1 aliphatic rings. The first-order chi connectivity index (χ1) is 10.3. The van der Waals surface area contributed by atoms with Crippen molar-refractivity contribution in [2.45, 2.75) is 45.4 Å². The van der Waals surface area contributed by atoms with Gasteiger partial charge in [-0.1, -0.05) is 6.07 Å². The average molecular weight is 305 g/mol. The molecule has 1 heterocycles. The lowest BCUT2D eigenvalue weighted by atomic mass is 10.00. The van der Waals surface area contributed by atoms with Crippen LogP contribution in [0.5, 0.6) is 0 Å². The maximum absolute atomic E-state index is 12.2. The lowest BCUT2D eigenvalue weighted by Gasteiger charge is -2.45. The third-order valence-electron chi connectivity index (χ3n) is 4.11. The van der Waals surface area contributed by atoms with E-state index >= 15 is 0 Å². The molecule has 22 heavy (non-hydrogen) atoms. The van der Waals surface area contributed by atoms with Gasteiger partial charge in [-0.2, -0.15) is 0 Å². The number of nitrogen functional groups attached to an aromatic ring is 1. The third-order valence-corrected chi connectivity index (χ3v) is 4.11. The molecule has 0 spiro atoms. The van der Waals surface area contributed by atoms with Gasteiger partial charge in [-0.3, -0.25) is 9.69 Å². The highest BCUT2D eigenvalue weighted by Gasteiger charge is 2.33. The van der Waals surface area contributed by atoms with Crippen LogP contribution >= 0.6 is 0 Å². The molecule has 1 saturated heterocycles. The van der Waals surface area contributed by atoms with Gasteiger partial charge in [0, 0.05) is 36.4 Å². The molecular formula is C17H27N3O2. The number of rotatable bonds is 4. The van der Waals surface area contributed by atoms with Crippen LogP contribution < -0.4 is 11.1 Å². The second-order valence-corrected chi connectivity index (χ2v) is 6.78. The fraction of sp³-hybridized carbons (Fsp3) is 0.588. The number of anilines is 1. The van der Waals surface area contributed by atoms with E-state index in [1.54, 1.807) is 24.3 Å². The first kappa shape index (κ1) is 16.8. The van der Waals surface area contributed by atoms with Crippen molar-refractivity contribution in [2.24, 2.45) is 0 Å². The van der Waals surface area contributed by atoms with Gasteiger partial charge in [0.2, 0.25) is 0 Å². The lowest BCUT2D eigenvalue weighted by molar-refractivity contribution is -0.0948. The van der Waals surface area contributed by atoms with Crippen molar-refractivity contribution in [1.82, 2.24) is 10.2 Å². The van der Waals surface area contributed by atoms with E-state index in [1.165, 1.54) is 0 Å². The maximum atomic E-state index is 12.2. The number of nitrogens with zero attached hydrogens (tertiary/aromatic N) is 1. The van der Waals surface area contributed by atoms with Crippen LogP contribution in [0.1, 0.15) is 38.1 Å². The highest BCUT2D eigenvalue weighted by atomic mass is 16.5. The van der Waals surface area contributed by atoms with Gasteiger partial charge in [0.1, 0.15) is 0 Å². The van der Waals surface area contributed by atoms with Crippen molar-refractivity contribution in [3.63, 3.8) is 0 Å². The van der Waals surface area contributed by atoms with E-state index in [4.69, 9.17) is 10.5 Å². The molecule has 122 valence electrons. The number of ether oxygens (including phenoxy) is 1. The first-order valence-corrected chi connectivity index (χ1v) is 7.82. The van der Waals surface area contributed by atoms with Crippen LogP contribution in [0.2, 0.25) is 0 Å². The minimum absolute atomic E-state index is 0.0882. The summed E-state index contributed by atoms with van der Waals surface area (Å²) in [5, 5.41) is 3.02. The fourth-order valence-corrected chi connectivity index (χ4v) is 2.86. The second kappa shape index (κ2) is 6.67. The summed E-state index contributed by atoms with van der Waals surface area (Å²) in [6, 6.07) is 7.04. The average Bonchev–Trinajstić information content (AvgIpc) is 2.44. The van der Waals surface area contributed by atoms with Crippen LogP contribution in [-0.2, 0) is 4.74 Å². The van der Waals surface area contributed by atoms with Gasteiger partial charge in [-0.15, -0.1) is 0 Å². The van der Waals surface area contributed by atoms with Gasteiger partial charge < -0.3 is 15.8 Å². The number of nitrogens with one attached hydrogen (secondary N) is 1. The van der Waals surface area contributed by atoms with E-state index in [9.17, 15) is 4.79 Å². The van der Waals surface area contributed by atoms with Gasteiger partial charge in [-0.05, 0) is 45.9 Å². The van der Waals surface area contributed by atoms with Crippen molar-refractivity contribution in [2.75, 3.05) is 25.4 Å². The van der Waals surface area contributed by atoms with Crippen LogP contribution in [0.15, 0.2) is 24.3 Å². The Labute approximate surface area is 132 Å². The topological polar surface area (TPSA) is 67.6 Å². The molecule has 0 bridgehead atoms. The van der Waals surface area contributed by atoms with Crippen LogP contribution in [0.25, 0.3) is 0 Å². The fourth-order valence-electron chi connectivity index (χ4n) is 2.86. The molecule has 0 radical (unpaired) electrons. The molecule has 2 unspecified atom stereocenters. The Balaban J connectivity index is 1.95. The summed E-state index contributed by atoms with van der Waals surface area (Å²) < 4.78 is 5.78. The first-order valence-electron chi connectivity index (χ1n) is 7.82. The zero-order valence-electron chi connectivity index (χ0n) is 13.9. The number of benzene rings is 1. The Morgan fingerprint density at radius 2 is 2.00 bits per heavy atom. The van der Waals surface area contributed by atoms with E-state index in [-0.39, 0.29) is 23.7 Å². The standard InChI is InChI=1S/C17H27N3O2/c1-12-9-20(10-13(2)22-12)17(3,4)11-19-16(21)14-6-5-7-15(18)8-14/h5-8,12-13H,9-11,18H2,1-4H3,(H,19,21). The van der Waals surface area contributed by atoms with E-state index in [2.05, 4.69) is 37.9 Å². The van der Waals surface area contributed by atoms with Crippen molar-refractivity contribution in [1.29, 1.82) is 0 Å². The molecule has 0 aromatic heterocycles. The Hall–Kier alpha value is -1.59. The SMILES string of the molecule is CC1CN(C(C)(C)CNC(=O)c2cccc(N)c2)CC(C)O1. The highest BCUT2D eigenvalue weighted by molar-refractivity contribution is 5.95. The summed E-state index contributed by atoms with van der Waals surface area (Å²) in [6.45, 7) is 10.8. The molecule has 1 amide bonds. The van der Waals surface area contributed by atoms with E-state index < -0.39 is 0 Å². The minimum Gasteiger partial charge on any atom is -0.399 e. The third kappa shape index (κ3) is 4.21. The summed E-state index contributed by atoms with van der Waals surface area (Å²) in [7, 11) is 0. The molecule has 1 aromatic rings. The number of carbonyl (C=O) groups excluding carboxylic acids is 1. The maximum Gasteiger partial charge on any atom is 0.251 e. The summed E-state index contributed by atoms with van der Waals surface area (Å²) in [4.78, 5) is 14.6. The largest absolute Gasteiger partial charge is 0.399 e. The Morgan fingerprint density at radius 3 is 2.59 bits per heavy atom. The molecule has 3 N–H and O–H groups in total. The summed E-state index contributed by atoms with van der Waals surface area (Å²) >= 11 is 0. The molecule has 1 fully saturated rings. The molecule has 0 aliphatic carbocycles. The minimum atomic E-state index is -0.123. The van der Waals surface area contributed by atoms with E-state index in [0.29, 0.717) is 17.8 Å². The molecule has 0 saturated carbocycles. The summed E-state index contributed by atoms with van der Waals surface area (Å²) in [6.07, 6.45) is 0.431. The lowest BCUT2D eigenvalue weighted by Crippen LogP contribution is -2.58. The van der Waals surface area contributed by atoms with Gasteiger partial charge >= 0.3 is 0 Å². The van der Waals surface area contributed by atoms with Crippen molar-refractivity contribution >= 4 is 11.6 Å².